The van der Waals surface area contributed by atoms with Crippen molar-refractivity contribution in [3.05, 3.63) is 0 Å². The first-order chi connectivity index (χ1) is 5.07. The molecule has 0 aromatic heterocycles. The van der Waals surface area contributed by atoms with Gasteiger partial charge in [-0.1, -0.05) is 13.8 Å². The lowest BCUT2D eigenvalue weighted by atomic mass is 10.0. The smallest absolute Gasteiger partial charge is 0.235 e. The molecule has 1 amide bonds. The third-order valence-electron chi connectivity index (χ3n) is 1.54. The van der Waals surface area contributed by atoms with Crippen molar-refractivity contribution in [3.8, 4) is 0 Å². The van der Waals surface area contributed by atoms with Gasteiger partial charge in [-0.15, -0.1) is 0 Å². The molecule has 0 fully saturated rings. The quantitative estimate of drug-likeness (QED) is 0.489. The summed E-state index contributed by atoms with van der Waals surface area (Å²) in [6.07, 6.45) is 0.374. The molecule has 4 heteroatoms. The van der Waals surface area contributed by atoms with E-state index in [4.69, 9.17) is 5.73 Å². The van der Waals surface area contributed by atoms with Crippen molar-refractivity contribution in [2.45, 2.75) is 26.3 Å². The molecule has 0 saturated heterocycles. The van der Waals surface area contributed by atoms with Gasteiger partial charge in [0.1, 0.15) is 0 Å². The maximum atomic E-state index is 10.9. The summed E-state index contributed by atoms with van der Waals surface area (Å²) < 4.78 is 0. The summed E-state index contributed by atoms with van der Waals surface area (Å²) in [7, 11) is 1.65. The number of hydrazine groups is 1. The highest BCUT2D eigenvalue weighted by atomic mass is 16.2. The second-order valence-electron chi connectivity index (χ2n) is 2.91. The van der Waals surface area contributed by atoms with Crippen LogP contribution in [-0.2, 0) is 4.79 Å². The summed E-state index contributed by atoms with van der Waals surface area (Å²) in [5, 5.41) is 0. The van der Waals surface area contributed by atoms with Crippen LogP contribution in [0.4, 0.5) is 0 Å². The van der Waals surface area contributed by atoms with E-state index < -0.39 is 0 Å². The first-order valence-corrected chi connectivity index (χ1v) is 3.79. The highest BCUT2D eigenvalue weighted by Gasteiger charge is 2.11. The fraction of sp³-hybridized carbons (Fsp3) is 0.857. The molecule has 4 N–H and O–H groups in total. The van der Waals surface area contributed by atoms with Crippen LogP contribution in [0.15, 0.2) is 0 Å². The third-order valence-corrected chi connectivity index (χ3v) is 1.54. The lowest BCUT2D eigenvalue weighted by Crippen LogP contribution is -2.39. The van der Waals surface area contributed by atoms with E-state index in [0.29, 0.717) is 12.3 Å². The Bertz CT molecular complexity index is 125. The fourth-order valence-electron chi connectivity index (χ4n) is 0.640. The zero-order valence-corrected chi connectivity index (χ0v) is 7.35. The molecule has 1 unspecified atom stereocenters. The van der Waals surface area contributed by atoms with Gasteiger partial charge >= 0.3 is 0 Å². The number of nitrogens with one attached hydrogen (secondary N) is 2. The van der Waals surface area contributed by atoms with Crippen LogP contribution < -0.4 is 16.6 Å². The van der Waals surface area contributed by atoms with Crippen LogP contribution in [0.25, 0.3) is 0 Å². The lowest BCUT2D eigenvalue weighted by Gasteiger charge is -2.14. The Labute approximate surface area is 67.5 Å². The van der Waals surface area contributed by atoms with Crippen molar-refractivity contribution in [2.75, 3.05) is 7.05 Å². The van der Waals surface area contributed by atoms with E-state index in [1.807, 2.05) is 13.8 Å². The predicted octanol–water partition coefficient (Wildman–Crippen LogP) is -0.390. The van der Waals surface area contributed by atoms with Crippen molar-refractivity contribution in [2.24, 2.45) is 11.7 Å². The highest BCUT2D eigenvalue weighted by molar-refractivity contribution is 5.75. The lowest BCUT2D eigenvalue weighted by molar-refractivity contribution is -0.122. The monoisotopic (exact) mass is 159 g/mol. The minimum absolute atomic E-state index is 0.0525. The summed E-state index contributed by atoms with van der Waals surface area (Å²) >= 11 is 0. The summed E-state index contributed by atoms with van der Waals surface area (Å²) in [6.45, 7) is 3.99. The van der Waals surface area contributed by atoms with Gasteiger partial charge in [0.15, 0.2) is 0 Å². The van der Waals surface area contributed by atoms with E-state index in [2.05, 4.69) is 10.9 Å². The van der Waals surface area contributed by atoms with Crippen LogP contribution in [0, 0.1) is 5.92 Å². The van der Waals surface area contributed by atoms with Gasteiger partial charge in [0, 0.05) is 19.5 Å². The van der Waals surface area contributed by atoms with E-state index >= 15 is 0 Å². The number of carbonyl (C=O) groups is 1. The molecule has 1 atom stereocenters. The Kier molecular flexibility index (Phi) is 4.81. The van der Waals surface area contributed by atoms with Gasteiger partial charge < -0.3 is 5.73 Å². The van der Waals surface area contributed by atoms with Gasteiger partial charge in [-0.2, -0.15) is 0 Å². The predicted molar refractivity (Wildman–Crippen MR) is 44.6 cm³/mol. The molecule has 11 heavy (non-hydrogen) atoms. The molecule has 0 aliphatic rings. The molecule has 0 saturated carbocycles. The molecule has 0 aliphatic heterocycles. The second kappa shape index (κ2) is 5.09. The Morgan fingerprint density at radius 1 is 1.55 bits per heavy atom. The molecular formula is C7H17N3O. The molecule has 66 valence electrons. The highest BCUT2D eigenvalue weighted by Crippen LogP contribution is 2.01. The first kappa shape index (κ1) is 10.4. The molecule has 0 aliphatic carbocycles. The molecule has 0 heterocycles. The molecule has 4 nitrogen and oxygen atoms in total. The summed E-state index contributed by atoms with van der Waals surface area (Å²) in [6, 6.07) is -0.0525. The van der Waals surface area contributed by atoms with E-state index in [1.165, 1.54) is 0 Å². The maximum absolute atomic E-state index is 10.9. The van der Waals surface area contributed by atoms with Crippen LogP contribution in [0.3, 0.4) is 0 Å². The van der Waals surface area contributed by atoms with Crippen LogP contribution in [0.2, 0.25) is 0 Å². The largest absolute Gasteiger partial charge is 0.327 e. The van der Waals surface area contributed by atoms with E-state index in [1.54, 1.807) is 7.05 Å². The van der Waals surface area contributed by atoms with Gasteiger partial charge in [0.2, 0.25) is 5.91 Å². The molecule has 0 spiro atoms. The standard InChI is InChI=1S/C7H17N3O/c1-5(2)6(8)4-7(11)10-9-3/h5-6,9H,4,8H2,1-3H3,(H,10,11). The Morgan fingerprint density at radius 2 is 2.09 bits per heavy atom. The van der Waals surface area contributed by atoms with Crippen LogP contribution in [-0.4, -0.2) is 19.0 Å². The molecule has 0 rings (SSSR count). The first-order valence-electron chi connectivity index (χ1n) is 3.79. The zero-order valence-electron chi connectivity index (χ0n) is 7.35. The van der Waals surface area contributed by atoms with Crippen molar-refractivity contribution in [1.82, 2.24) is 10.9 Å². The average Bonchev–Trinajstić information content (AvgIpc) is 1.87. The second-order valence-corrected chi connectivity index (χ2v) is 2.91. The summed E-state index contributed by atoms with van der Waals surface area (Å²) in [5.41, 5.74) is 10.7. The van der Waals surface area contributed by atoms with E-state index in [-0.39, 0.29) is 11.9 Å². The molecular weight excluding hydrogens is 142 g/mol. The van der Waals surface area contributed by atoms with Crippen LogP contribution >= 0.6 is 0 Å². The molecule has 0 aromatic carbocycles. The van der Waals surface area contributed by atoms with Crippen molar-refractivity contribution < 1.29 is 4.79 Å². The van der Waals surface area contributed by atoms with Crippen molar-refractivity contribution in [1.29, 1.82) is 0 Å². The maximum Gasteiger partial charge on any atom is 0.235 e. The van der Waals surface area contributed by atoms with Gasteiger partial charge in [-0.3, -0.25) is 10.2 Å². The van der Waals surface area contributed by atoms with E-state index in [9.17, 15) is 4.79 Å². The van der Waals surface area contributed by atoms with Crippen molar-refractivity contribution >= 4 is 5.91 Å². The Hall–Kier alpha value is -0.610. The topological polar surface area (TPSA) is 67.1 Å². The Morgan fingerprint density at radius 3 is 2.45 bits per heavy atom. The van der Waals surface area contributed by atoms with Crippen molar-refractivity contribution in [3.63, 3.8) is 0 Å². The van der Waals surface area contributed by atoms with Crippen LogP contribution in [0.5, 0.6) is 0 Å². The van der Waals surface area contributed by atoms with Gasteiger partial charge in [0.25, 0.3) is 0 Å². The number of hydrogen-bond acceptors (Lipinski definition) is 3. The fourth-order valence-corrected chi connectivity index (χ4v) is 0.640. The number of nitrogens with two attached hydrogens (primary N) is 1. The number of rotatable bonds is 4. The number of amides is 1. The normalized spacial score (nSPS) is 13.2. The number of hydrogen-bond donors (Lipinski definition) is 3. The van der Waals surface area contributed by atoms with Gasteiger partial charge in [0.05, 0.1) is 0 Å². The Balaban J connectivity index is 3.57. The average molecular weight is 159 g/mol. The minimum atomic E-state index is -0.0614. The summed E-state index contributed by atoms with van der Waals surface area (Å²) in [5.74, 6) is 0.284. The van der Waals surface area contributed by atoms with Gasteiger partial charge in [-0.05, 0) is 5.92 Å². The minimum Gasteiger partial charge on any atom is -0.327 e. The molecule has 0 aromatic rings. The number of carbonyl (C=O) groups excluding carboxylic acids is 1. The van der Waals surface area contributed by atoms with Gasteiger partial charge in [-0.25, -0.2) is 5.43 Å². The van der Waals surface area contributed by atoms with E-state index in [0.717, 1.165) is 0 Å². The SMILES string of the molecule is CNNC(=O)CC(N)C(C)C. The summed E-state index contributed by atoms with van der Waals surface area (Å²) in [4.78, 5) is 10.9. The third kappa shape index (κ3) is 4.75. The zero-order chi connectivity index (χ0) is 8.85. The molecule has 0 bridgehead atoms. The van der Waals surface area contributed by atoms with Crippen LogP contribution in [0.1, 0.15) is 20.3 Å². The molecule has 0 radical (unpaired) electrons.